The minimum Gasteiger partial charge on any atom is -0.310 e. The lowest BCUT2D eigenvalue weighted by molar-refractivity contribution is 1.23. The predicted octanol–water partition coefficient (Wildman–Crippen LogP) is 17.3. The zero-order valence-electron chi connectivity index (χ0n) is 33.9. The van der Waals surface area contributed by atoms with E-state index >= 15 is 0 Å². The van der Waals surface area contributed by atoms with E-state index in [1.54, 1.807) is 0 Å². The third-order valence-corrected chi connectivity index (χ3v) is 12.7. The summed E-state index contributed by atoms with van der Waals surface area (Å²) in [7, 11) is 0. The van der Waals surface area contributed by atoms with Gasteiger partial charge in [0.25, 0.3) is 0 Å². The first-order chi connectivity index (χ1) is 30.7. The van der Waals surface area contributed by atoms with Gasteiger partial charge in [-0.25, -0.2) is 0 Å². The molecule has 0 atom stereocenters. The van der Waals surface area contributed by atoms with Gasteiger partial charge < -0.3 is 14.7 Å². The highest BCUT2D eigenvalue weighted by molar-refractivity contribution is 7.25. The molecule has 1 heterocycles. The molecule has 0 aliphatic carbocycles. The zero-order valence-corrected chi connectivity index (χ0v) is 34.7. The quantitative estimate of drug-likeness (QED) is 0.136. The monoisotopic (exact) mass is 811 g/mol. The maximum absolute atomic E-state index is 2.43. The highest BCUT2D eigenvalue weighted by Gasteiger charge is 2.23. The molecule has 11 aromatic rings. The van der Waals surface area contributed by atoms with Gasteiger partial charge in [-0.05, 0) is 120 Å². The van der Waals surface area contributed by atoms with Crippen molar-refractivity contribution in [1.29, 1.82) is 0 Å². The number of anilines is 9. The van der Waals surface area contributed by atoms with Crippen LogP contribution in [-0.2, 0) is 0 Å². The molecule has 0 radical (unpaired) electrons. The Morgan fingerprint density at radius 1 is 0.242 bits per heavy atom. The van der Waals surface area contributed by atoms with Crippen LogP contribution in [0.5, 0.6) is 0 Å². The Bertz CT molecular complexity index is 3110. The van der Waals surface area contributed by atoms with Crippen LogP contribution in [0, 0.1) is 0 Å². The highest BCUT2D eigenvalue weighted by Crippen LogP contribution is 2.47. The van der Waals surface area contributed by atoms with Gasteiger partial charge in [0, 0.05) is 54.0 Å². The number of para-hydroxylation sites is 4. The number of fused-ring (bicyclic) bond motifs is 4. The second-order valence-corrected chi connectivity index (χ2v) is 16.5. The van der Waals surface area contributed by atoms with Gasteiger partial charge in [0.2, 0.25) is 0 Å². The Labute approximate surface area is 366 Å². The van der Waals surface area contributed by atoms with E-state index in [1.807, 2.05) is 11.3 Å². The Hall–Kier alpha value is -7.92. The fourth-order valence-electron chi connectivity index (χ4n) is 8.71. The van der Waals surface area contributed by atoms with Gasteiger partial charge in [-0.2, -0.15) is 0 Å². The zero-order chi connectivity index (χ0) is 41.2. The normalized spacial score (nSPS) is 11.2. The number of hydrogen-bond acceptors (Lipinski definition) is 4. The van der Waals surface area contributed by atoms with Gasteiger partial charge in [0.15, 0.2) is 0 Å². The van der Waals surface area contributed by atoms with Crippen LogP contribution in [0.4, 0.5) is 51.2 Å². The van der Waals surface area contributed by atoms with Crippen LogP contribution in [-0.4, -0.2) is 0 Å². The van der Waals surface area contributed by atoms with Crippen molar-refractivity contribution in [2.45, 2.75) is 0 Å². The molecule has 1 aromatic heterocycles. The van der Waals surface area contributed by atoms with Crippen molar-refractivity contribution in [2.24, 2.45) is 0 Å². The van der Waals surface area contributed by atoms with Crippen molar-refractivity contribution in [3.8, 4) is 11.1 Å². The van der Waals surface area contributed by atoms with Crippen LogP contribution in [0.1, 0.15) is 0 Å². The lowest BCUT2D eigenvalue weighted by Crippen LogP contribution is -2.16. The van der Waals surface area contributed by atoms with Crippen LogP contribution in [0.3, 0.4) is 0 Å². The molecule has 10 aromatic carbocycles. The van der Waals surface area contributed by atoms with Gasteiger partial charge in [0.05, 0.1) is 22.7 Å². The molecule has 4 heteroatoms. The molecule has 0 saturated carbocycles. The van der Waals surface area contributed by atoms with Crippen molar-refractivity contribution in [3.63, 3.8) is 0 Å². The van der Waals surface area contributed by atoms with Gasteiger partial charge in [-0.3, -0.25) is 0 Å². The second kappa shape index (κ2) is 16.3. The Balaban J connectivity index is 1.15. The highest BCUT2D eigenvalue weighted by atomic mass is 32.1. The maximum atomic E-state index is 2.43. The lowest BCUT2D eigenvalue weighted by atomic mass is 10.0. The van der Waals surface area contributed by atoms with Crippen LogP contribution in [0.15, 0.2) is 249 Å². The number of benzene rings is 10. The fourth-order valence-corrected chi connectivity index (χ4v) is 9.80. The van der Waals surface area contributed by atoms with E-state index < -0.39 is 0 Å². The fraction of sp³-hybridized carbons (Fsp3) is 0. The predicted molar refractivity (Wildman–Crippen MR) is 266 cm³/mol. The lowest BCUT2D eigenvalue weighted by Gasteiger charge is -2.33. The average Bonchev–Trinajstić information content (AvgIpc) is 3.72. The molecule has 294 valence electrons. The Kier molecular flexibility index (Phi) is 9.74. The summed E-state index contributed by atoms with van der Waals surface area (Å²) in [6, 6.07) is 89.6. The van der Waals surface area contributed by atoms with Crippen LogP contribution in [0.2, 0.25) is 0 Å². The van der Waals surface area contributed by atoms with Crippen molar-refractivity contribution < 1.29 is 0 Å². The molecule has 62 heavy (non-hydrogen) atoms. The average molecular weight is 812 g/mol. The molecule has 0 N–H and O–H groups in total. The summed E-state index contributed by atoms with van der Waals surface area (Å²) in [5.74, 6) is 0. The SMILES string of the molecule is c1ccc(N(c2ccccc2)c2cc(N(c3ccccc3)c3ccccc3)cc(N(c3ccc(-c4ccc5sc6ccccc6c5c4)cc3)c3cccc4ccccc34)c2)cc1. The van der Waals surface area contributed by atoms with Crippen LogP contribution >= 0.6 is 11.3 Å². The Morgan fingerprint density at radius 3 is 1.23 bits per heavy atom. The molecule has 0 amide bonds. The summed E-state index contributed by atoms with van der Waals surface area (Å²) in [5.41, 5.74) is 11.9. The van der Waals surface area contributed by atoms with E-state index in [9.17, 15) is 0 Å². The van der Waals surface area contributed by atoms with E-state index in [-0.39, 0.29) is 0 Å². The van der Waals surface area contributed by atoms with Crippen molar-refractivity contribution in [1.82, 2.24) is 0 Å². The van der Waals surface area contributed by atoms with Gasteiger partial charge >= 0.3 is 0 Å². The van der Waals surface area contributed by atoms with E-state index in [4.69, 9.17) is 0 Å². The smallest absolute Gasteiger partial charge is 0.0540 e. The molecule has 0 aliphatic rings. The standard InChI is InChI=1S/C58H41N3S/c1-5-20-45(21-6-1)59(46-22-7-2-8-23-46)50-39-51(60(47-24-9-3-10-25-47)48-26-11-4-12-27-48)41-52(40-50)61(56-30-17-19-43-18-13-14-28-53(43)56)49-35-32-42(33-36-49)44-34-37-58-55(38-44)54-29-15-16-31-57(54)62-58/h1-41H. The summed E-state index contributed by atoms with van der Waals surface area (Å²) in [4.78, 5) is 7.14. The molecule has 3 nitrogen and oxygen atoms in total. The number of nitrogens with zero attached hydrogens (tertiary/aromatic N) is 3. The largest absolute Gasteiger partial charge is 0.310 e. The number of hydrogen-bond donors (Lipinski definition) is 0. The first-order valence-corrected chi connectivity index (χ1v) is 21.8. The summed E-state index contributed by atoms with van der Waals surface area (Å²) in [6.07, 6.45) is 0. The molecule has 0 saturated heterocycles. The van der Waals surface area contributed by atoms with E-state index in [0.29, 0.717) is 0 Å². The third-order valence-electron chi connectivity index (χ3n) is 11.6. The van der Waals surface area contributed by atoms with Crippen molar-refractivity contribution >= 4 is 93.5 Å². The van der Waals surface area contributed by atoms with E-state index in [1.165, 1.54) is 42.1 Å². The van der Waals surface area contributed by atoms with E-state index in [2.05, 4.69) is 263 Å². The summed E-state index contributed by atoms with van der Waals surface area (Å²) in [6.45, 7) is 0. The maximum Gasteiger partial charge on any atom is 0.0540 e. The van der Waals surface area contributed by atoms with Gasteiger partial charge in [0.1, 0.15) is 0 Å². The molecule has 0 bridgehead atoms. The van der Waals surface area contributed by atoms with Crippen molar-refractivity contribution in [2.75, 3.05) is 14.7 Å². The minimum absolute atomic E-state index is 1.03. The molecule has 0 spiro atoms. The van der Waals surface area contributed by atoms with Crippen LogP contribution in [0.25, 0.3) is 42.1 Å². The summed E-state index contributed by atoms with van der Waals surface area (Å²) < 4.78 is 2.63. The van der Waals surface area contributed by atoms with Crippen molar-refractivity contribution in [3.05, 3.63) is 249 Å². The molecule has 11 rings (SSSR count). The molecule has 0 aliphatic heterocycles. The molecule has 0 fully saturated rings. The topological polar surface area (TPSA) is 9.72 Å². The minimum atomic E-state index is 1.03. The van der Waals surface area contributed by atoms with Gasteiger partial charge in [-0.15, -0.1) is 11.3 Å². The molecule has 0 unspecified atom stereocenters. The van der Waals surface area contributed by atoms with Gasteiger partial charge in [-0.1, -0.05) is 146 Å². The summed E-state index contributed by atoms with van der Waals surface area (Å²) >= 11 is 1.85. The molecular formula is C58H41N3S. The first-order valence-electron chi connectivity index (χ1n) is 21.0. The third kappa shape index (κ3) is 7.02. The van der Waals surface area contributed by atoms with E-state index in [0.717, 1.165) is 51.2 Å². The summed E-state index contributed by atoms with van der Waals surface area (Å²) in [5, 5.41) is 4.97. The number of thiophene rings is 1. The number of rotatable bonds is 10. The van der Waals surface area contributed by atoms with Crippen LogP contribution < -0.4 is 14.7 Å². The Morgan fingerprint density at radius 2 is 0.661 bits per heavy atom. The first kappa shape index (κ1) is 37.1. The second-order valence-electron chi connectivity index (χ2n) is 15.4. The molecular weight excluding hydrogens is 771 g/mol.